The smallest absolute Gasteiger partial charge is 0.225 e. The summed E-state index contributed by atoms with van der Waals surface area (Å²) in [4.78, 5) is 12.4. The Kier molecular flexibility index (Phi) is 6.10. The van der Waals surface area contributed by atoms with Crippen LogP contribution in [0.2, 0.25) is 5.02 Å². The second kappa shape index (κ2) is 8.06. The van der Waals surface area contributed by atoms with Crippen molar-refractivity contribution in [2.24, 2.45) is 0 Å². The summed E-state index contributed by atoms with van der Waals surface area (Å²) in [7, 11) is 1.55. The van der Waals surface area contributed by atoms with Crippen LogP contribution in [0.4, 0.5) is 10.1 Å². The summed E-state index contributed by atoms with van der Waals surface area (Å²) in [5.41, 5.74) is 0.531. The molecule has 116 valence electrons. The SMILES string of the molecule is COc1ccc(NC(=O)CCSc2ccccc2F)c(Cl)c1. The Morgan fingerprint density at radius 1 is 1.32 bits per heavy atom. The summed E-state index contributed by atoms with van der Waals surface area (Å²) in [6, 6.07) is 11.5. The van der Waals surface area contributed by atoms with Gasteiger partial charge in [-0.3, -0.25) is 4.79 Å². The average molecular weight is 340 g/mol. The van der Waals surface area contributed by atoms with Gasteiger partial charge in [0, 0.05) is 23.1 Å². The van der Waals surface area contributed by atoms with Crippen LogP contribution in [0.15, 0.2) is 47.4 Å². The number of hydrogen-bond acceptors (Lipinski definition) is 3. The monoisotopic (exact) mass is 339 g/mol. The molecule has 0 aliphatic heterocycles. The molecule has 2 rings (SSSR count). The fourth-order valence-electron chi connectivity index (χ4n) is 1.75. The van der Waals surface area contributed by atoms with Gasteiger partial charge in [0.2, 0.25) is 5.91 Å². The molecular formula is C16H15ClFNO2S. The minimum Gasteiger partial charge on any atom is -0.497 e. The number of carbonyl (C=O) groups is 1. The molecule has 1 amide bonds. The third-order valence-corrected chi connectivity index (χ3v) is 4.24. The van der Waals surface area contributed by atoms with Crippen LogP contribution in [0.5, 0.6) is 5.75 Å². The molecule has 0 aliphatic carbocycles. The Balaban J connectivity index is 1.84. The molecule has 0 radical (unpaired) electrons. The molecule has 2 aromatic carbocycles. The van der Waals surface area contributed by atoms with Crippen molar-refractivity contribution >= 4 is 35.0 Å². The summed E-state index contributed by atoms with van der Waals surface area (Å²) < 4.78 is 18.5. The Hall–Kier alpha value is -1.72. The van der Waals surface area contributed by atoms with Gasteiger partial charge in [-0.1, -0.05) is 23.7 Å². The predicted octanol–water partition coefficient (Wildman–Crippen LogP) is 4.61. The maximum atomic E-state index is 13.4. The first-order chi connectivity index (χ1) is 10.6. The molecular weight excluding hydrogens is 325 g/mol. The first kappa shape index (κ1) is 16.6. The molecule has 0 fully saturated rings. The van der Waals surface area contributed by atoms with E-state index in [9.17, 15) is 9.18 Å². The van der Waals surface area contributed by atoms with E-state index in [1.807, 2.05) is 0 Å². The lowest BCUT2D eigenvalue weighted by Gasteiger charge is -2.09. The highest BCUT2D eigenvalue weighted by atomic mass is 35.5. The number of rotatable bonds is 6. The number of amides is 1. The number of halogens is 2. The van der Waals surface area contributed by atoms with Gasteiger partial charge in [-0.05, 0) is 24.3 Å². The number of hydrogen-bond donors (Lipinski definition) is 1. The summed E-state index contributed by atoms with van der Waals surface area (Å²) in [6.07, 6.45) is 0.265. The van der Waals surface area contributed by atoms with Crippen molar-refractivity contribution in [1.29, 1.82) is 0 Å². The molecule has 0 heterocycles. The summed E-state index contributed by atoms with van der Waals surface area (Å²) in [5.74, 6) is 0.667. The Morgan fingerprint density at radius 3 is 2.77 bits per heavy atom. The Morgan fingerprint density at radius 2 is 2.09 bits per heavy atom. The highest BCUT2D eigenvalue weighted by molar-refractivity contribution is 7.99. The molecule has 2 aromatic rings. The molecule has 22 heavy (non-hydrogen) atoms. The molecule has 0 spiro atoms. The molecule has 0 saturated carbocycles. The van der Waals surface area contributed by atoms with Crippen molar-refractivity contribution < 1.29 is 13.9 Å². The van der Waals surface area contributed by atoms with Gasteiger partial charge in [0.25, 0.3) is 0 Å². The third kappa shape index (κ3) is 4.64. The van der Waals surface area contributed by atoms with E-state index in [2.05, 4.69) is 5.32 Å². The van der Waals surface area contributed by atoms with Gasteiger partial charge < -0.3 is 10.1 Å². The second-order valence-electron chi connectivity index (χ2n) is 4.42. The number of methoxy groups -OCH3 is 1. The molecule has 0 saturated heterocycles. The molecule has 0 atom stereocenters. The number of thioether (sulfide) groups is 1. The topological polar surface area (TPSA) is 38.3 Å². The van der Waals surface area contributed by atoms with Crippen LogP contribution >= 0.6 is 23.4 Å². The highest BCUT2D eigenvalue weighted by Crippen LogP contribution is 2.27. The highest BCUT2D eigenvalue weighted by Gasteiger charge is 2.08. The molecule has 3 nitrogen and oxygen atoms in total. The van der Waals surface area contributed by atoms with Gasteiger partial charge in [0.15, 0.2) is 0 Å². The predicted molar refractivity (Wildman–Crippen MR) is 88.4 cm³/mol. The number of ether oxygens (including phenoxy) is 1. The van der Waals surface area contributed by atoms with Crippen molar-refractivity contribution in [3.63, 3.8) is 0 Å². The van der Waals surface area contributed by atoms with Gasteiger partial charge in [0.1, 0.15) is 11.6 Å². The first-order valence-electron chi connectivity index (χ1n) is 6.61. The molecule has 0 unspecified atom stereocenters. The third-order valence-electron chi connectivity index (χ3n) is 2.87. The summed E-state index contributed by atoms with van der Waals surface area (Å²) in [6.45, 7) is 0. The van der Waals surface area contributed by atoms with Crippen molar-refractivity contribution in [2.75, 3.05) is 18.2 Å². The molecule has 6 heteroatoms. The summed E-state index contributed by atoms with van der Waals surface area (Å²) in [5, 5.41) is 3.14. The van der Waals surface area contributed by atoms with Crippen LogP contribution < -0.4 is 10.1 Å². The van der Waals surface area contributed by atoms with Gasteiger partial charge in [0.05, 0.1) is 17.8 Å². The zero-order valence-electron chi connectivity index (χ0n) is 11.9. The maximum Gasteiger partial charge on any atom is 0.225 e. The van der Waals surface area contributed by atoms with E-state index in [1.165, 1.54) is 17.8 Å². The van der Waals surface area contributed by atoms with Crippen molar-refractivity contribution in [2.45, 2.75) is 11.3 Å². The lowest BCUT2D eigenvalue weighted by atomic mass is 10.3. The van der Waals surface area contributed by atoms with E-state index < -0.39 is 0 Å². The molecule has 0 bridgehead atoms. The molecule has 0 aliphatic rings. The van der Waals surface area contributed by atoms with E-state index >= 15 is 0 Å². The fourth-order valence-corrected chi connectivity index (χ4v) is 2.86. The zero-order chi connectivity index (χ0) is 15.9. The van der Waals surface area contributed by atoms with Gasteiger partial charge in [-0.15, -0.1) is 11.8 Å². The number of anilines is 1. The quantitative estimate of drug-likeness (QED) is 0.781. The minimum absolute atomic E-state index is 0.170. The van der Waals surface area contributed by atoms with Crippen LogP contribution in [0.25, 0.3) is 0 Å². The number of carbonyl (C=O) groups excluding carboxylic acids is 1. The molecule has 0 aromatic heterocycles. The van der Waals surface area contributed by atoms with Crippen molar-refractivity contribution in [1.82, 2.24) is 0 Å². The Labute approximate surface area is 137 Å². The van der Waals surface area contributed by atoms with Crippen molar-refractivity contribution in [3.8, 4) is 5.75 Å². The summed E-state index contributed by atoms with van der Waals surface area (Å²) >= 11 is 7.36. The van der Waals surface area contributed by atoms with Gasteiger partial charge in [-0.25, -0.2) is 4.39 Å². The van der Waals surface area contributed by atoms with E-state index in [4.69, 9.17) is 16.3 Å². The molecule has 1 N–H and O–H groups in total. The Bertz CT molecular complexity index is 666. The van der Waals surface area contributed by atoms with Crippen LogP contribution in [-0.4, -0.2) is 18.8 Å². The lowest BCUT2D eigenvalue weighted by molar-refractivity contribution is -0.115. The number of nitrogens with one attached hydrogen (secondary N) is 1. The van der Waals surface area contributed by atoms with Crippen LogP contribution in [-0.2, 0) is 4.79 Å². The van der Waals surface area contributed by atoms with Gasteiger partial charge >= 0.3 is 0 Å². The van der Waals surface area contributed by atoms with E-state index in [0.29, 0.717) is 27.1 Å². The standard InChI is InChI=1S/C16H15ClFNO2S/c1-21-11-6-7-14(12(17)10-11)19-16(20)8-9-22-15-5-3-2-4-13(15)18/h2-7,10H,8-9H2,1H3,(H,19,20). The van der Waals surface area contributed by atoms with Crippen LogP contribution in [0, 0.1) is 5.82 Å². The van der Waals surface area contributed by atoms with Crippen molar-refractivity contribution in [3.05, 3.63) is 53.3 Å². The zero-order valence-corrected chi connectivity index (χ0v) is 13.5. The second-order valence-corrected chi connectivity index (χ2v) is 5.97. The average Bonchev–Trinajstić information content (AvgIpc) is 2.51. The van der Waals surface area contributed by atoms with E-state index in [-0.39, 0.29) is 18.1 Å². The fraction of sp³-hybridized carbons (Fsp3) is 0.188. The van der Waals surface area contributed by atoms with Crippen LogP contribution in [0.1, 0.15) is 6.42 Å². The normalized spacial score (nSPS) is 10.3. The van der Waals surface area contributed by atoms with Gasteiger partial charge in [-0.2, -0.15) is 0 Å². The largest absolute Gasteiger partial charge is 0.497 e. The van der Waals surface area contributed by atoms with Crippen LogP contribution in [0.3, 0.4) is 0 Å². The first-order valence-corrected chi connectivity index (χ1v) is 7.97. The minimum atomic E-state index is -0.272. The number of benzene rings is 2. The van der Waals surface area contributed by atoms with E-state index in [0.717, 1.165) is 0 Å². The lowest BCUT2D eigenvalue weighted by Crippen LogP contribution is -2.12. The van der Waals surface area contributed by atoms with E-state index in [1.54, 1.807) is 43.5 Å². The maximum absolute atomic E-state index is 13.4.